The van der Waals surface area contributed by atoms with E-state index in [0.29, 0.717) is 12.0 Å². The number of H-pyrrole nitrogens is 1. The predicted molar refractivity (Wildman–Crippen MR) is 71.8 cm³/mol. The summed E-state index contributed by atoms with van der Waals surface area (Å²) in [5.41, 5.74) is -0.995. The number of nitrogens with zero attached hydrogens (tertiary/aromatic N) is 1. The molecule has 8 heteroatoms. The van der Waals surface area contributed by atoms with E-state index in [9.17, 15) is 19.1 Å². The Morgan fingerprint density at radius 3 is 2.67 bits per heavy atom. The van der Waals surface area contributed by atoms with Crippen LogP contribution in [0, 0.1) is 5.92 Å². The second kappa shape index (κ2) is 6.08. The SMILES string of the molecule is CC(C)Cc1cn([C@@H]2O[C@H](CO)[C@@H](O)[C@@H]2F)c(=O)[nH]c1=O. The molecule has 1 aliphatic heterocycles. The van der Waals surface area contributed by atoms with E-state index in [1.165, 1.54) is 6.20 Å². The summed E-state index contributed by atoms with van der Waals surface area (Å²) in [6.45, 7) is 3.25. The highest BCUT2D eigenvalue weighted by atomic mass is 19.1. The maximum absolute atomic E-state index is 14.0. The molecular formula is C13H19FN2O5. The van der Waals surface area contributed by atoms with Crippen molar-refractivity contribution in [2.45, 2.75) is 44.9 Å². The summed E-state index contributed by atoms with van der Waals surface area (Å²) >= 11 is 0. The molecule has 2 heterocycles. The molecule has 0 unspecified atom stereocenters. The molecule has 0 aromatic carbocycles. The Balaban J connectivity index is 2.40. The molecule has 118 valence electrons. The molecule has 1 aromatic heterocycles. The summed E-state index contributed by atoms with van der Waals surface area (Å²) in [5, 5.41) is 18.6. The van der Waals surface area contributed by atoms with Crippen LogP contribution in [0.2, 0.25) is 0 Å². The minimum absolute atomic E-state index is 0.179. The van der Waals surface area contributed by atoms with Crippen LogP contribution in [0.15, 0.2) is 15.8 Å². The van der Waals surface area contributed by atoms with Crippen LogP contribution in [-0.4, -0.2) is 44.8 Å². The number of ether oxygens (including phenoxy) is 1. The number of hydrogen-bond donors (Lipinski definition) is 3. The van der Waals surface area contributed by atoms with Crippen LogP contribution in [0.25, 0.3) is 0 Å². The molecule has 2 rings (SSSR count). The van der Waals surface area contributed by atoms with Crippen molar-refractivity contribution < 1.29 is 19.3 Å². The van der Waals surface area contributed by atoms with E-state index in [1.54, 1.807) is 0 Å². The van der Waals surface area contributed by atoms with Crippen molar-refractivity contribution >= 4 is 0 Å². The van der Waals surface area contributed by atoms with E-state index in [-0.39, 0.29) is 5.92 Å². The van der Waals surface area contributed by atoms with Gasteiger partial charge in [0.25, 0.3) is 5.56 Å². The van der Waals surface area contributed by atoms with Gasteiger partial charge in [-0.1, -0.05) is 13.8 Å². The first-order valence-electron chi connectivity index (χ1n) is 6.78. The molecule has 0 spiro atoms. The van der Waals surface area contributed by atoms with Crippen molar-refractivity contribution in [2.24, 2.45) is 5.92 Å². The average Bonchev–Trinajstić information content (AvgIpc) is 2.69. The van der Waals surface area contributed by atoms with Crippen LogP contribution in [-0.2, 0) is 11.2 Å². The van der Waals surface area contributed by atoms with E-state index in [1.807, 2.05) is 13.8 Å². The minimum atomic E-state index is -1.86. The third-order valence-corrected chi connectivity index (χ3v) is 3.42. The number of aromatic nitrogens is 2. The zero-order chi connectivity index (χ0) is 15.7. The lowest BCUT2D eigenvalue weighted by Gasteiger charge is -2.17. The maximum atomic E-state index is 14.0. The van der Waals surface area contributed by atoms with Gasteiger partial charge in [-0.3, -0.25) is 14.3 Å². The molecule has 0 bridgehead atoms. The van der Waals surface area contributed by atoms with Crippen molar-refractivity contribution in [2.75, 3.05) is 6.61 Å². The van der Waals surface area contributed by atoms with Crippen LogP contribution in [0.5, 0.6) is 0 Å². The van der Waals surface area contributed by atoms with Gasteiger partial charge in [0.2, 0.25) is 0 Å². The molecule has 1 aromatic rings. The second-order valence-electron chi connectivity index (χ2n) is 5.60. The quantitative estimate of drug-likeness (QED) is 0.684. The predicted octanol–water partition coefficient (Wildman–Crippen LogP) is -0.676. The summed E-state index contributed by atoms with van der Waals surface area (Å²) in [4.78, 5) is 25.7. The first-order valence-corrected chi connectivity index (χ1v) is 6.78. The third-order valence-electron chi connectivity index (χ3n) is 3.42. The monoisotopic (exact) mass is 302 g/mol. The lowest BCUT2D eigenvalue weighted by molar-refractivity contribution is -0.0492. The molecule has 7 nitrogen and oxygen atoms in total. The summed E-state index contributed by atoms with van der Waals surface area (Å²) in [7, 11) is 0. The van der Waals surface area contributed by atoms with E-state index < -0.39 is 42.5 Å². The molecular weight excluding hydrogens is 283 g/mol. The van der Waals surface area contributed by atoms with Crippen LogP contribution >= 0.6 is 0 Å². The number of rotatable bonds is 4. The normalized spacial score (nSPS) is 29.2. The Morgan fingerprint density at radius 2 is 2.14 bits per heavy atom. The van der Waals surface area contributed by atoms with Crippen molar-refractivity contribution in [3.8, 4) is 0 Å². The molecule has 0 amide bonds. The van der Waals surface area contributed by atoms with Gasteiger partial charge in [0.1, 0.15) is 12.2 Å². The lowest BCUT2D eigenvalue weighted by atomic mass is 10.1. The number of aliphatic hydroxyl groups is 2. The molecule has 1 saturated heterocycles. The highest BCUT2D eigenvalue weighted by Gasteiger charge is 2.45. The van der Waals surface area contributed by atoms with E-state index in [4.69, 9.17) is 9.84 Å². The molecule has 3 N–H and O–H groups in total. The summed E-state index contributed by atoms with van der Waals surface area (Å²) in [5.74, 6) is 0.179. The minimum Gasteiger partial charge on any atom is -0.394 e. The number of aromatic amines is 1. The Hall–Kier alpha value is -1.51. The fourth-order valence-electron chi connectivity index (χ4n) is 2.38. The van der Waals surface area contributed by atoms with Gasteiger partial charge in [-0.25, -0.2) is 9.18 Å². The Kier molecular flexibility index (Phi) is 4.60. The van der Waals surface area contributed by atoms with E-state index >= 15 is 0 Å². The van der Waals surface area contributed by atoms with Crippen molar-refractivity contribution in [1.29, 1.82) is 0 Å². The molecule has 0 radical (unpaired) electrons. The van der Waals surface area contributed by atoms with Crippen LogP contribution in [0.4, 0.5) is 4.39 Å². The lowest BCUT2D eigenvalue weighted by Crippen LogP contribution is -2.37. The summed E-state index contributed by atoms with van der Waals surface area (Å²) < 4.78 is 20.1. The van der Waals surface area contributed by atoms with E-state index in [0.717, 1.165) is 4.57 Å². The first-order chi connectivity index (χ1) is 9.85. The third kappa shape index (κ3) is 3.07. The van der Waals surface area contributed by atoms with Gasteiger partial charge in [-0.15, -0.1) is 0 Å². The van der Waals surface area contributed by atoms with Gasteiger partial charge < -0.3 is 14.9 Å². The zero-order valence-corrected chi connectivity index (χ0v) is 11.8. The van der Waals surface area contributed by atoms with Crippen LogP contribution < -0.4 is 11.2 Å². The number of halogens is 1. The largest absolute Gasteiger partial charge is 0.394 e. The molecule has 21 heavy (non-hydrogen) atoms. The smallest absolute Gasteiger partial charge is 0.330 e. The van der Waals surface area contributed by atoms with Gasteiger partial charge >= 0.3 is 5.69 Å². The Labute approximate surface area is 120 Å². The maximum Gasteiger partial charge on any atom is 0.330 e. The van der Waals surface area contributed by atoms with Crippen LogP contribution in [0.3, 0.4) is 0 Å². The van der Waals surface area contributed by atoms with Gasteiger partial charge in [0.05, 0.1) is 6.61 Å². The highest BCUT2D eigenvalue weighted by molar-refractivity contribution is 5.07. The van der Waals surface area contributed by atoms with Gasteiger partial charge in [-0.05, 0) is 12.3 Å². The number of nitrogens with one attached hydrogen (secondary N) is 1. The molecule has 0 saturated carbocycles. The van der Waals surface area contributed by atoms with Crippen molar-refractivity contribution in [3.05, 3.63) is 32.6 Å². The number of aliphatic hydroxyl groups excluding tert-OH is 2. The highest BCUT2D eigenvalue weighted by Crippen LogP contribution is 2.30. The fraction of sp³-hybridized carbons (Fsp3) is 0.692. The molecule has 1 aliphatic rings. The standard InChI is InChI=1S/C13H19FN2O5/c1-6(2)3-7-4-16(13(20)15-11(7)19)12-9(14)10(18)8(5-17)21-12/h4,6,8-10,12,17-18H,3,5H2,1-2H3,(H,15,19,20)/t8-,9+,10-,12-/m1/s1. The summed E-state index contributed by atoms with van der Waals surface area (Å²) in [6, 6.07) is 0. The summed E-state index contributed by atoms with van der Waals surface area (Å²) in [6.07, 6.45) is -4.18. The van der Waals surface area contributed by atoms with Crippen molar-refractivity contribution in [3.63, 3.8) is 0 Å². The Morgan fingerprint density at radius 1 is 1.48 bits per heavy atom. The number of alkyl halides is 1. The Bertz CT molecular complexity index is 611. The second-order valence-corrected chi connectivity index (χ2v) is 5.60. The molecule has 1 fully saturated rings. The van der Waals surface area contributed by atoms with Gasteiger partial charge in [-0.2, -0.15) is 0 Å². The molecule has 4 atom stereocenters. The van der Waals surface area contributed by atoms with Gasteiger partial charge in [0.15, 0.2) is 12.4 Å². The topological polar surface area (TPSA) is 105 Å². The number of hydrogen-bond acceptors (Lipinski definition) is 5. The molecule has 0 aliphatic carbocycles. The fourth-order valence-corrected chi connectivity index (χ4v) is 2.38. The van der Waals surface area contributed by atoms with E-state index in [2.05, 4.69) is 4.98 Å². The van der Waals surface area contributed by atoms with Crippen LogP contribution in [0.1, 0.15) is 25.6 Å². The van der Waals surface area contributed by atoms with Gasteiger partial charge in [0, 0.05) is 11.8 Å². The average molecular weight is 302 g/mol. The van der Waals surface area contributed by atoms with Crippen molar-refractivity contribution in [1.82, 2.24) is 9.55 Å². The first kappa shape index (κ1) is 15.9. The zero-order valence-electron chi connectivity index (χ0n) is 11.8.